The Bertz CT molecular complexity index is 1480. The molecule has 1 N–H and O–H groups in total. The molecular weight excluding hydrogens is 892 g/mol. The number of likely N-dealkylation sites (N-methyl/N-ethyl adjacent to an activating group) is 1. The summed E-state index contributed by atoms with van der Waals surface area (Å²) in [6.45, 7) is 6.65. The van der Waals surface area contributed by atoms with Crippen LogP contribution < -0.4 is 10.2 Å². The summed E-state index contributed by atoms with van der Waals surface area (Å²) in [4.78, 5) is 39.8. The number of carbonyl (C=O) groups excluding carboxylic acids is 2. The summed E-state index contributed by atoms with van der Waals surface area (Å²) >= 11 is 0. The van der Waals surface area contributed by atoms with E-state index in [1.165, 1.54) is 70.6 Å². The van der Waals surface area contributed by atoms with Gasteiger partial charge in [0.05, 0.1) is 33.8 Å². The van der Waals surface area contributed by atoms with E-state index < -0.39 is 26.6 Å². The van der Waals surface area contributed by atoms with E-state index in [4.69, 9.17) is 13.8 Å². The van der Waals surface area contributed by atoms with Crippen LogP contribution in [0.3, 0.4) is 0 Å². The fourth-order valence-corrected chi connectivity index (χ4v) is 8.38. The minimum absolute atomic E-state index is 0.0327. The molecular formula is C60H107N2O7P. The van der Waals surface area contributed by atoms with Gasteiger partial charge in [0.1, 0.15) is 19.3 Å². The third-order valence-electron chi connectivity index (χ3n) is 12.1. The van der Waals surface area contributed by atoms with Gasteiger partial charge in [-0.05, 0) is 102 Å². The Morgan fingerprint density at radius 3 is 1.40 bits per heavy atom. The predicted octanol–water partition coefficient (Wildman–Crippen LogP) is 16.4. The highest BCUT2D eigenvalue weighted by Gasteiger charge is 2.27. The summed E-state index contributed by atoms with van der Waals surface area (Å²) < 4.78 is 30.2. The molecule has 0 spiro atoms. The van der Waals surface area contributed by atoms with E-state index in [2.05, 4.69) is 99.0 Å². The second kappa shape index (κ2) is 49.8. The maximum absolute atomic E-state index is 13.5. The van der Waals surface area contributed by atoms with Gasteiger partial charge < -0.3 is 28.5 Å². The second-order valence-electron chi connectivity index (χ2n) is 20.1. The second-order valence-corrected chi connectivity index (χ2v) is 21.5. The van der Waals surface area contributed by atoms with Crippen LogP contribution in [0.2, 0.25) is 0 Å². The normalized spacial score (nSPS) is 14.4. The molecule has 0 aromatic carbocycles. The number of hydrogen-bond donors (Lipinski definition) is 1. The Morgan fingerprint density at radius 2 is 0.914 bits per heavy atom. The Morgan fingerprint density at radius 1 is 0.514 bits per heavy atom. The maximum atomic E-state index is 13.5. The highest BCUT2D eigenvalue weighted by atomic mass is 31.2. The number of unbranched alkanes of at least 4 members (excludes halogenated alkanes) is 22. The molecule has 0 radical (unpaired) electrons. The van der Waals surface area contributed by atoms with Gasteiger partial charge in [-0.25, -0.2) is 0 Å². The number of phosphoric ester groups is 1. The zero-order valence-electron chi connectivity index (χ0n) is 45.9. The fraction of sp³-hybridized carbons (Fsp3) is 0.733. The Kier molecular flexibility index (Phi) is 47.8. The van der Waals surface area contributed by atoms with Gasteiger partial charge in [-0.1, -0.05) is 202 Å². The van der Waals surface area contributed by atoms with E-state index in [0.29, 0.717) is 23.9 Å². The first-order valence-electron chi connectivity index (χ1n) is 28.4. The standard InChI is InChI=1S/C60H107N2O7P/c1-7-10-13-16-19-22-25-27-29-30-31-32-33-34-37-40-43-46-49-52-59(63)61-57(56-68-70(65,66)67-55-54-62(4,5)6)58(51-48-45-42-39-36-24-21-18-15-12-9-3)69-60(64)53-50-47-44-41-38-35-28-26-23-20-17-14-11-8-2/h11,14,19-20,22-23,27-29,31-32,35,48,51,57-58H,7-10,12-13,15-18,21,24-26,30,33-34,36-47,49-50,52-56H2,1-6H3,(H-,61,63,65,66)/b14-11+,22-19-,23-20+,29-27-,32-31-,35-28+,51-48-. The molecule has 404 valence electrons. The third-order valence-corrected chi connectivity index (χ3v) is 13.0. The molecule has 0 rings (SSSR count). The molecule has 1 amide bonds. The molecule has 9 nitrogen and oxygen atoms in total. The lowest BCUT2D eigenvalue weighted by Crippen LogP contribution is -2.47. The van der Waals surface area contributed by atoms with Gasteiger partial charge in [0, 0.05) is 12.8 Å². The first kappa shape index (κ1) is 67.2. The van der Waals surface area contributed by atoms with Crippen molar-refractivity contribution in [3.63, 3.8) is 0 Å². The lowest BCUT2D eigenvalue weighted by Gasteiger charge is -2.30. The van der Waals surface area contributed by atoms with Crippen molar-refractivity contribution in [1.29, 1.82) is 0 Å². The number of quaternary nitrogens is 1. The predicted molar refractivity (Wildman–Crippen MR) is 298 cm³/mol. The molecule has 3 atom stereocenters. The fourth-order valence-electron chi connectivity index (χ4n) is 7.66. The molecule has 0 aromatic heterocycles. The zero-order valence-corrected chi connectivity index (χ0v) is 46.8. The van der Waals surface area contributed by atoms with Gasteiger partial charge in [0.15, 0.2) is 0 Å². The van der Waals surface area contributed by atoms with Gasteiger partial charge in [0.25, 0.3) is 7.82 Å². The van der Waals surface area contributed by atoms with Crippen LogP contribution in [0.5, 0.6) is 0 Å². The van der Waals surface area contributed by atoms with Crippen molar-refractivity contribution in [3.05, 3.63) is 85.1 Å². The van der Waals surface area contributed by atoms with Crippen molar-refractivity contribution in [2.45, 2.75) is 245 Å². The van der Waals surface area contributed by atoms with Crippen LogP contribution >= 0.6 is 7.82 Å². The molecule has 0 aromatic rings. The Balaban J connectivity index is 5.36. The Hall–Kier alpha value is -2.81. The van der Waals surface area contributed by atoms with E-state index in [1.54, 1.807) is 0 Å². The largest absolute Gasteiger partial charge is 0.756 e. The van der Waals surface area contributed by atoms with E-state index in [-0.39, 0.29) is 24.9 Å². The van der Waals surface area contributed by atoms with E-state index in [1.807, 2.05) is 33.3 Å². The Labute approximate surface area is 431 Å². The van der Waals surface area contributed by atoms with Crippen LogP contribution in [0.15, 0.2) is 85.1 Å². The van der Waals surface area contributed by atoms with Crippen molar-refractivity contribution >= 4 is 19.7 Å². The molecule has 10 heteroatoms. The molecule has 70 heavy (non-hydrogen) atoms. The summed E-state index contributed by atoms with van der Waals surface area (Å²) in [7, 11) is 1.15. The van der Waals surface area contributed by atoms with E-state index >= 15 is 0 Å². The summed E-state index contributed by atoms with van der Waals surface area (Å²) in [5.41, 5.74) is 0. The molecule has 0 bridgehead atoms. The average Bonchev–Trinajstić information content (AvgIpc) is 3.32. The van der Waals surface area contributed by atoms with Crippen LogP contribution in [0.1, 0.15) is 233 Å². The summed E-state index contributed by atoms with van der Waals surface area (Å²) in [6.07, 6.45) is 64.0. The number of allylic oxidation sites excluding steroid dienone is 13. The van der Waals surface area contributed by atoms with Crippen molar-refractivity contribution < 1.29 is 37.3 Å². The molecule has 0 heterocycles. The number of nitrogens with one attached hydrogen (secondary N) is 1. The molecule has 3 unspecified atom stereocenters. The van der Waals surface area contributed by atoms with Crippen LogP contribution in [-0.2, 0) is 27.9 Å². The van der Waals surface area contributed by atoms with Crippen LogP contribution in [-0.4, -0.2) is 69.4 Å². The van der Waals surface area contributed by atoms with Crippen molar-refractivity contribution in [2.24, 2.45) is 0 Å². The van der Waals surface area contributed by atoms with Crippen LogP contribution in [0.4, 0.5) is 0 Å². The molecule has 0 fully saturated rings. The topological polar surface area (TPSA) is 114 Å². The minimum Gasteiger partial charge on any atom is -0.756 e. The minimum atomic E-state index is -4.70. The van der Waals surface area contributed by atoms with E-state index in [9.17, 15) is 19.0 Å². The number of esters is 1. The van der Waals surface area contributed by atoms with Crippen molar-refractivity contribution in [3.8, 4) is 0 Å². The number of hydrogen-bond acceptors (Lipinski definition) is 7. The third kappa shape index (κ3) is 50.1. The van der Waals surface area contributed by atoms with Crippen molar-refractivity contribution in [1.82, 2.24) is 5.32 Å². The SMILES string of the molecule is CC/C=C/C/C=C/C/C=C/CCCCCCC(=O)OC(/C=C\CCCCCCCCCCC)C(COP(=O)([O-])OCC[N+](C)(C)C)NC(=O)CCCCCCCC/C=C\C/C=C\C/C=C\CCCCC. The monoisotopic (exact) mass is 999 g/mol. The van der Waals surface area contributed by atoms with E-state index in [0.717, 1.165) is 122 Å². The number of carbonyl (C=O) groups is 2. The summed E-state index contributed by atoms with van der Waals surface area (Å²) in [6, 6.07) is -0.907. The lowest BCUT2D eigenvalue weighted by molar-refractivity contribution is -0.870. The zero-order chi connectivity index (χ0) is 51.5. The van der Waals surface area contributed by atoms with Gasteiger partial charge in [-0.2, -0.15) is 0 Å². The molecule has 0 aliphatic rings. The average molecular weight is 999 g/mol. The molecule has 0 aliphatic heterocycles. The molecule has 0 saturated carbocycles. The number of amides is 1. The number of nitrogens with zero attached hydrogens (tertiary/aromatic N) is 1. The first-order chi connectivity index (χ1) is 33.9. The van der Waals surface area contributed by atoms with Gasteiger partial charge in [0.2, 0.25) is 5.91 Å². The molecule has 0 aliphatic carbocycles. The number of rotatable bonds is 50. The lowest BCUT2D eigenvalue weighted by atomic mass is 10.1. The maximum Gasteiger partial charge on any atom is 0.306 e. The van der Waals surface area contributed by atoms with Crippen LogP contribution in [0.25, 0.3) is 0 Å². The highest BCUT2D eigenvalue weighted by molar-refractivity contribution is 7.45. The van der Waals surface area contributed by atoms with Gasteiger partial charge >= 0.3 is 5.97 Å². The summed E-state index contributed by atoms with van der Waals surface area (Å²) in [5.74, 6) is -0.587. The summed E-state index contributed by atoms with van der Waals surface area (Å²) in [5, 5.41) is 3.00. The number of phosphoric acid groups is 1. The smallest absolute Gasteiger partial charge is 0.306 e. The molecule has 0 saturated heterocycles. The van der Waals surface area contributed by atoms with Crippen LogP contribution in [0, 0.1) is 0 Å². The van der Waals surface area contributed by atoms with Crippen molar-refractivity contribution in [2.75, 3.05) is 40.9 Å². The highest BCUT2D eigenvalue weighted by Crippen LogP contribution is 2.38. The van der Waals surface area contributed by atoms with Gasteiger partial charge in [-0.15, -0.1) is 0 Å². The quantitative estimate of drug-likeness (QED) is 0.0212. The number of ether oxygens (including phenoxy) is 1. The first-order valence-corrected chi connectivity index (χ1v) is 29.9. The van der Waals surface area contributed by atoms with Gasteiger partial charge in [-0.3, -0.25) is 14.2 Å².